The van der Waals surface area contributed by atoms with Gasteiger partial charge >= 0.3 is 6.09 Å². The highest BCUT2D eigenvalue weighted by atomic mass is 16.6. The fourth-order valence-electron chi connectivity index (χ4n) is 3.39. The van der Waals surface area contributed by atoms with Crippen molar-refractivity contribution in [1.82, 2.24) is 14.7 Å². The molecule has 0 bridgehead atoms. The fourth-order valence-corrected chi connectivity index (χ4v) is 3.39. The summed E-state index contributed by atoms with van der Waals surface area (Å²) in [7, 11) is 0. The fraction of sp³-hybridized carbons (Fsp3) is 0.895. The Balaban J connectivity index is 1.66. The van der Waals surface area contributed by atoms with Gasteiger partial charge in [-0.15, -0.1) is 0 Å². The number of amides is 1. The molecule has 0 radical (unpaired) electrons. The summed E-state index contributed by atoms with van der Waals surface area (Å²) in [5.74, 6) is 0.602. The lowest BCUT2D eigenvalue weighted by molar-refractivity contribution is 0.0186. The van der Waals surface area contributed by atoms with Crippen molar-refractivity contribution < 1.29 is 9.53 Å². The van der Waals surface area contributed by atoms with Crippen LogP contribution in [0.1, 0.15) is 52.9 Å². The van der Waals surface area contributed by atoms with Crippen LogP contribution in [0.2, 0.25) is 0 Å². The van der Waals surface area contributed by atoms with Gasteiger partial charge in [0.25, 0.3) is 0 Å². The Morgan fingerprint density at radius 2 is 1.54 bits per heavy atom. The quantitative estimate of drug-likeness (QED) is 0.468. The van der Waals surface area contributed by atoms with Crippen molar-refractivity contribution in [2.75, 3.05) is 52.4 Å². The monoisotopic (exact) mass is 367 g/mol. The molecule has 2 aliphatic heterocycles. The van der Waals surface area contributed by atoms with Crippen molar-refractivity contribution in [3.63, 3.8) is 0 Å². The van der Waals surface area contributed by atoms with Gasteiger partial charge < -0.3 is 25.2 Å². The number of nitrogens with zero attached hydrogens (tertiary/aromatic N) is 4. The maximum absolute atomic E-state index is 12.1. The molecule has 2 aliphatic rings. The van der Waals surface area contributed by atoms with Crippen LogP contribution in [-0.2, 0) is 4.74 Å². The van der Waals surface area contributed by atoms with Crippen LogP contribution in [0, 0.1) is 0 Å². The molecule has 0 unspecified atom stereocenters. The van der Waals surface area contributed by atoms with Crippen molar-refractivity contribution in [3.05, 3.63) is 0 Å². The molecule has 0 aliphatic carbocycles. The third-order valence-corrected chi connectivity index (χ3v) is 4.86. The molecule has 0 saturated carbocycles. The lowest BCUT2D eigenvalue weighted by atomic mass is 10.2. The summed E-state index contributed by atoms with van der Waals surface area (Å²) in [4.78, 5) is 23.0. The molecular weight excluding hydrogens is 330 g/mol. The van der Waals surface area contributed by atoms with Gasteiger partial charge in [-0.1, -0.05) is 12.8 Å². The first kappa shape index (κ1) is 20.8. The molecule has 0 aromatic heterocycles. The van der Waals surface area contributed by atoms with Crippen LogP contribution in [0.15, 0.2) is 4.99 Å². The van der Waals surface area contributed by atoms with Crippen molar-refractivity contribution in [1.29, 1.82) is 0 Å². The summed E-state index contributed by atoms with van der Waals surface area (Å²) >= 11 is 0. The summed E-state index contributed by atoms with van der Waals surface area (Å²) in [5.41, 5.74) is 5.69. The molecule has 0 aromatic carbocycles. The van der Waals surface area contributed by atoms with Crippen LogP contribution < -0.4 is 5.73 Å². The third-order valence-electron chi connectivity index (χ3n) is 4.86. The number of guanidine groups is 1. The van der Waals surface area contributed by atoms with Crippen LogP contribution >= 0.6 is 0 Å². The molecule has 2 fully saturated rings. The second kappa shape index (κ2) is 10.00. The zero-order valence-corrected chi connectivity index (χ0v) is 16.9. The highest BCUT2D eigenvalue weighted by molar-refractivity contribution is 5.78. The zero-order valence-electron chi connectivity index (χ0n) is 16.9. The normalized spacial score (nSPS) is 20.8. The molecule has 1 amide bonds. The van der Waals surface area contributed by atoms with Crippen molar-refractivity contribution >= 4 is 12.1 Å². The van der Waals surface area contributed by atoms with E-state index in [2.05, 4.69) is 14.8 Å². The molecular formula is C19H37N5O2. The second-order valence-electron chi connectivity index (χ2n) is 8.30. The summed E-state index contributed by atoms with van der Waals surface area (Å²) < 4.78 is 5.42. The first-order valence-corrected chi connectivity index (χ1v) is 10.1. The third kappa shape index (κ3) is 7.40. The van der Waals surface area contributed by atoms with E-state index in [0.717, 1.165) is 19.5 Å². The first-order valence-electron chi connectivity index (χ1n) is 10.1. The van der Waals surface area contributed by atoms with Crippen molar-refractivity contribution in [2.45, 2.75) is 58.5 Å². The lowest BCUT2D eigenvalue weighted by Crippen LogP contribution is -2.53. The maximum Gasteiger partial charge on any atom is 0.410 e. The second-order valence-corrected chi connectivity index (χ2v) is 8.30. The topological polar surface area (TPSA) is 74.4 Å². The van der Waals surface area contributed by atoms with Gasteiger partial charge in [0.2, 0.25) is 0 Å². The molecule has 2 heterocycles. The summed E-state index contributed by atoms with van der Waals surface area (Å²) in [6.07, 6.45) is 6.21. The van der Waals surface area contributed by atoms with Crippen LogP contribution in [0.25, 0.3) is 0 Å². The van der Waals surface area contributed by atoms with Gasteiger partial charge in [-0.25, -0.2) is 4.79 Å². The number of carbonyl (C=O) groups is 1. The molecule has 0 spiro atoms. The highest BCUT2D eigenvalue weighted by Gasteiger charge is 2.26. The van der Waals surface area contributed by atoms with Crippen LogP contribution in [0.5, 0.6) is 0 Å². The van der Waals surface area contributed by atoms with Crippen molar-refractivity contribution in [3.8, 4) is 0 Å². The van der Waals surface area contributed by atoms with Crippen LogP contribution in [-0.4, -0.2) is 84.7 Å². The standard InChI is InChI=1S/C19H37N5O2/c1-19(2,3)26-18(25)24-15-13-23(14-16-24)17(20)21-9-8-12-22-10-6-4-5-7-11-22/h4-16H2,1-3H3,(H2,20,21). The highest BCUT2D eigenvalue weighted by Crippen LogP contribution is 2.12. The van der Waals surface area contributed by atoms with E-state index in [1.807, 2.05) is 20.8 Å². The number of rotatable bonds is 4. The number of likely N-dealkylation sites (tertiary alicyclic amines) is 1. The van der Waals surface area contributed by atoms with E-state index in [1.165, 1.54) is 38.8 Å². The summed E-state index contributed by atoms with van der Waals surface area (Å²) in [6.45, 7) is 12.7. The molecule has 2 saturated heterocycles. The predicted octanol–water partition coefficient (Wildman–Crippen LogP) is 2.12. The van der Waals surface area contributed by atoms with E-state index in [1.54, 1.807) is 4.90 Å². The molecule has 2 rings (SSSR count). The largest absolute Gasteiger partial charge is 0.444 e. The van der Waals surface area contributed by atoms with Gasteiger partial charge in [-0.2, -0.15) is 0 Å². The minimum absolute atomic E-state index is 0.245. The Hall–Kier alpha value is -1.50. The van der Waals surface area contributed by atoms with E-state index in [4.69, 9.17) is 10.5 Å². The maximum atomic E-state index is 12.1. The van der Waals surface area contributed by atoms with Gasteiger partial charge in [0.1, 0.15) is 5.60 Å². The SMILES string of the molecule is CC(C)(C)OC(=O)N1CCN(C(N)=NCCCN2CCCCCC2)CC1. The van der Waals surface area contributed by atoms with Crippen LogP contribution in [0.3, 0.4) is 0 Å². The van der Waals surface area contributed by atoms with E-state index >= 15 is 0 Å². The zero-order chi connectivity index (χ0) is 19.0. The number of carbonyl (C=O) groups excluding carboxylic acids is 1. The van der Waals surface area contributed by atoms with Crippen LogP contribution in [0.4, 0.5) is 4.79 Å². The number of nitrogens with two attached hydrogens (primary N) is 1. The van der Waals surface area contributed by atoms with Gasteiger partial charge in [-0.05, 0) is 59.7 Å². The number of hydrogen-bond donors (Lipinski definition) is 1. The molecule has 2 N–H and O–H groups in total. The molecule has 7 nitrogen and oxygen atoms in total. The van der Waals surface area contributed by atoms with Gasteiger partial charge in [0, 0.05) is 32.7 Å². The number of piperazine rings is 1. The van der Waals surface area contributed by atoms with Gasteiger partial charge in [0.05, 0.1) is 0 Å². The Morgan fingerprint density at radius 3 is 2.12 bits per heavy atom. The summed E-state index contributed by atoms with van der Waals surface area (Å²) in [5, 5.41) is 0. The minimum atomic E-state index is -0.456. The average molecular weight is 368 g/mol. The Kier molecular flexibility index (Phi) is 8.00. The van der Waals surface area contributed by atoms with Gasteiger partial charge in [-0.3, -0.25) is 4.99 Å². The number of ether oxygens (including phenoxy) is 1. The number of hydrogen-bond acceptors (Lipinski definition) is 4. The average Bonchev–Trinajstić information content (AvgIpc) is 2.86. The lowest BCUT2D eigenvalue weighted by Gasteiger charge is -2.36. The molecule has 7 heteroatoms. The smallest absolute Gasteiger partial charge is 0.410 e. The molecule has 0 aromatic rings. The number of aliphatic imine (C=N–C) groups is 1. The van der Waals surface area contributed by atoms with E-state index in [-0.39, 0.29) is 6.09 Å². The Labute approximate surface area is 158 Å². The predicted molar refractivity (Wildman–Crippen MR) is 105 cm³/mol. The Morgan fingerprint density at radius 1 is 0.962 bits per heavy atom. The molecule has 0 atom stereocenters. The first-order chi connectivity index (χ1) is 12.3. The summed E-state index contributed by atoms with van der Waals surface area (Å²) in [6, 6.07) is 0. The van der Waals surface area contributed by atoms with Gasteiger partial charge in [0.15, 0.2) is 5.96 Å². The molecule has 26 heavy (non-hydrogen) atoms. The minimum Gasteiger partial charge on any atom is -0.444 e. The Bertz CT molecular complexity index is 459. The van der Waals surface area contributed by atoms with Crippen molar-refractivity contribution in [2.24, 2.45) is 10.7 Å². The van der Waals surface area contributed by atoms with E-state index < -0.39 is 5.60 Å². The van der Waals surface area contributed by atoms with E-state index in [9.17, 15) is 4.79 Å². The van der Waals surface area contributed by atoms with E-state index in [0.29, 0.717) is 32.1 Å². The molecule has 150 valence electrons.